The number of halogens is 2. The molecule has 0 bridgehead atoms. The van der Waals surface area contributed by atoms with E-state index in [1.165, 1.54) is 0 Å². The predicted molar refractivity (Wildman–Crippen MR) is 79.8 cm³/mol. The van der Waals surface area contributed by atoms with Crippen LogP contribution in [0.15, 0.2) is 30.6 Å². The predicted octanol–water partition coefficient (Wildman–Crippen LogP) is 3.74. The third-order valence-electron chi connectivity index (χ3n) is 2.85. The van der Waals surface area contributed by atoms with E-state index in [0.717, 1.165) is 37.4 Å². The Morgan fingerprint density at radius 1 is 1.26 bits per heavy atom. The number of benzene rings is 1. The highest BCUT2D eigenvalue weighted by Crippen LogP contribution is 2.23. The van der Waals surface area contributed by atoms with Crippen molar-refractivity contribution in [1.29, 1.82) is 0 Å². The number of hydrogen-bond acceptors (Lipinski definition) is 2. The summed E-state index contributed by atoms with van der Waals surface area (Å²) >= 11 is 11.9. The molecule has 19 heavy (non-hydrogen) atoms. The molecular weight excluding hydrogens is 281 g/mol. The summed E-state index contributed by atoms with van der Waals surface area (Å²) in [5, 5.41) is 4.53. The van der Waals surface area contributed by atoms with Gasteiger partial charge in [0.2, 0.25) is 0 Å². The summed E-state index contributed by atoms with van der Waals surface area (Å²) in [6.45, 7) is 4.68. The molecule has 5 heteroatoms. The summed E-state index contributed by atoms with van der Waals surface area (Å²) in [7, 11) is 0. The highest BCUT2D eigenvalue weighted by atomic mass is 35.5. The van der Waals surface area contributed by atoms with Crippen LogP contribution in [0.1, 0.15) is 24.7 Å². The van der Waals surface area contributed by atoms with E-state index in [-0.39, 0.29) is 0 Å². The van der Waals surface area contributed by atoms with Crippen LogP contribution in [0.4, 0.5) is 0 Å². The molecule has 0 spiro atoms. The third kappa shape index (κ3) is 3.96. The van der Waals surface area contributed by atoms with Crippen LogP contribution in [-0.4, -0.2) is 16.1 Å². The minimum atomic E-state index is 0.584. The van der Waals surface area contributed by atoms with E-state index in [1.54, 1.807) is 0 Å². The van der Waals surface area contributed by atoms with Crippen molar-refractivity contribution in [2.24, 2.45) is 0 Å². The van der Waals surface area contributed by atoms with Crippen molar-refractivity contribution in [2.45, 2.75) is 26.4 Å². The summed E-state index contributed by atoms with van der Waals surface area (Å²) < 4.78 is 2.11. The maximum Gasteiger partial charge on any atom is 0.122 e. The zero-order chi connectivity index (χ0) is 13.7. The zero-order valence-electron chi connectivity index (χ0n) is 10.9. The summed E-state index contributed by atoms with van der Waals surface area (Å²) in [4.78, 5) is 4.37. The molecule has 0 aliphatic rings. The first-order valence-electron chi connectivity index (χ1n) is 6.35. The quantitative estimate of drug-likeness (QED) is 0.823. The Bertz CT molecular complexity index is 537. The lowest BCUT2D eigenvalue weighted by molar-refractivity contribution is 0.615. The summed E-state index contributed by atoms with van der Waals surface area (Å²) in [6, 6.07) is 5.70. The number of hydrogen-bond donors (Lipinski definition) is 1. The van der Waals surface area contributed by atoms with Crippen molar-refractivity contribution >= 4 is 23.2 Å². The van der Waals surface area contributed by atoms with Gasteiger partial charge >= 0.3 is 0 Å². The second-order valence-corrected chi connectivity index (χ2v) is 5.21. The van der Waals surface area contributed by atoms with Crippen LogP contribution in [0.5, 0.6) is 0 Å². The summed E-state index contributed by atoms with van der Waals surface area (Å²) in [5.41, 5.74) is 1.11. The fraction of sp³-hybridized carbons (Fsp3) is 0.357. The Labute approximate surface area is 123 Å². The van der Waals surface area contributed by atoms with Gasteiger partial charge in [-0.1, -0.05) is 36.2 Å². The molecule has 0 atom stereocenters. The maximum atomic E-state index is 6.03. The minimum Gasteiger partial charge on any atom is -0.329 e. The molecule has 0 aliphatic heterocycles. The van der Waals surface area contributed by atoms with Crippen LogP contribution in [0.25, 0.3) is 0 Å². The molecule has 3 nitrogen and oxygen atoms in total. The minimum absolute atomic E-state index is 0.584. The van der Waals surface area contributed by atoms with Gasteiger partial charge in [-0.25, -0.2) is 4.98 Å². The van der Waals surface area contributed by atoms with Crippen molar-refractivity contribution in [3.63, 3.8) is 0 Å². The van der Waals surface area contributed by atoms with Gasteiger partial charge in [-0.3, -0.25) is 0 Å². The molecule has 0 radical (unpaired) electrons. The Balaban J connectivity index is 2.06. The van der Waals surface area contributed by atoms with Crippen LogP contribution in [0, 0.1) is 0 Å². The third-order valence-corrected chi connectivity index (χ3v) is 3.59. The van der Waals surface area contributed by atoms with Gasteiger partial charge in [0.25, 0.3) is 0 Å². The van der Waals surface area contributed by atoms with Crippen molar-refractivity contribution in [3.05, 3.63) is 52.0 Å². The number of rotatable bonds is 6. The van der Waals surface area contributed by atoms with Gasteiger partial charge in [-0.2, -0.15) is 0 Å². The van der Waals surface area contributed by atoms with Crippen LogP contribution in [-0.2, 0) is 13.1 Å². The molecule has 2 rings (SSSR count). The van der Waals surface area contributed by atoms with Crippen LogP contribution in [0.3, 0.4) is 0 Å². The average molecular weight is 298 g/mol. The van der Waals surface area contributed by atoms with Gasteiger partial charge in [0.1, 0.15) is 5.82 Å². The molecule has 0 saturated carbocycles. The molecule has 1 aromatic carbocycles. The van der Waals surface area contributed by atoms with Gasteiger partial charge in [-0.05, 0) is 30.7 Å². The van der Waals surface area contributed by atoms with Crippen molar-refractivity contribution in [3.8, 4) is 0 Å². The molecule has 0 aliphatic carbocycles. The molecule has 2 aromatic rings. The highest BCUT2D eigenvalue weighted by molar-refractivity contribution is 6.42. The molecular formula is C14H17Cl2N3. The topological polar surface area (TPSA) is 29.9 Å². The first-order valence-corrected chi connectivity index (χ1v) is 7.11. The molecule has 102 valence electrons. The molecule has 1 heterocycles. The Kier molecular flexibility index (Phi) is 5.25. The van der Waals surface area contributed by atoms with E-state index in [9.17, 15) is 0 Å². The van der Waals surface area contributed by atoms with E-state index in [4.69, 9.17) is 23.2 Å². The second kappa shape index (κ2) is 6.94. The molecule has 1 N–H and O–H groups in total. The van der Waals surface area contributed by atoms with E-state index >= 15 is 0 Å². The standard InChI is InChI=1S/C14H17Cl2N3/c1-2-5-17-9-14-18-6-7-19(14)10-11-3-4-12(15)13(16)8-11/h3-4,6-8,17H,2,5,9-10H2,1H3. The van der Waals surface area contributed by atoms with Crippen LogP contribution < -0.4 is 5.32 Å². The monoisotopic (exact) mass is 297 g/mol. The van der Waals surface area contributed by atoms with E-state index in [0.29, 0.717) is 10.0 Å². The van der Waals surface area contributed by atoms with Crippen molar-refractivity contribution in [1.82, 2.24) is 14.9 Å². The van der Waals surface area contributed by atoms with Crippen LogP contribution in [0.2, 0.25) is 10.0 Å². The summed E-state index contributed by atoms with van der Waals surface area (Å²) in [6.07, 6.45) is 4.92. The lowest BCUT2D eigenvalue weighted by Gasteiger charge is -2.09. The van der Waals surface area contributed by atoms with Gasteiger partial charge in [0.05, 0.1) is 16.6 Å². The Hall–Kier alpha value is -1.03. The lowest BCUT2D eigenvalue weighted by atomic mass is 10.2. The Morgan fingerprint density at radius 2 is 2.11 bits per heavy atom. The summed E-state index contributed by atoms with van der Waals surface area (Å²) in [5.74, 6) is 1.03. The van der Waals surface area contributed by atoms with E-state index in [2.05, 4.69) is 21.8 Å². The normalized spacial score (nSPS) is 10.9. The van der Waals surface area contributed by atoms with E-state index in [1.807, 2.05) is 30.6 Å². The van der Waals surface area contributed by atoms with Gasteiger partial charge in [-0.15, -0.1) is 0 Å². The molecule has 0 amide bonds. The first kappa shape index (κ1) is 14.4. The maximum absolute atomic E-state index is 6.03. The lowest BCUT2D eigenvalue weighted by Crippen LogP contribution is -2.17. The SMILES string of the molecule is CCCNCc1nccn1Cc1ccc(Cl)c(Cl)c1. The van der Waals surface area contributed by atoms with Gasteiger partial charge < -0.3 is 9.88 Å². The highest BCUT2D eigenvalue weighted by Gasteiger charge is 2.05. The van der Waals surface area contributed by atoms with E-state index < -0.39 is 0 Å². The number of aromatic nitrogens is 2. The fourth-order valence-corrected chi connectivity index (χ4v) is 2.18. The molecule has 1 aromatic heterocycles. The molecule has 0 saturated heterocycles. The smallest absolute Gasteiger partial charge is 0.122 e. The largest absolute Gasteiger partial charge is 0.329 e. The van der Waals surface area contributed by atoms with Gasteiger partial charge in [0, 0.05) is 18.9 Å². The zero-order valence-corrected chi connectivity index (χ0v) is 12.4. The van der Waals surface area contributed by atoms with Crippen molar-refractivity contribution in [2.75, 3.05) is 6.54 Å². The molecule has 0 unspecified atom stereocenters. The second-order valence-electron chi connectivity index (χ2n) is 4.40. The number of nitrogens with one attached hydrogen (secondary N) is 1. The molecule has 0 fully saturated rings. The van der Waals surface area contributed by atoms with Gasteiger partial charge in [0.15, 0.2) is 0 Å². The number of nitrogens with zero attached hydrogens (tertiary/aromatic N) is 2. The first-order chi connectivity index (χ1) is 9.20. The Morgan fingerprint density at radius 3 is 2.84 bits per heavy atom. The fourth-order valence-electron chi connectivity index (χ4n) is 1.86. The van der Waals surface area contributed by atoms with Crippen LogP contribution >= 0.6 is 23.2 Å². The average Bonchev–Trinajstić information content (AvgIpc) is 2.82. The number of imidazole rings is 1. The van der Waals surface area contributed by atoms with Crippen molar-refractivity contribution < 1.29 is 0 Å².